The lowest BCUT2D eigenvalue weighted by Crippen LogP contribution is -2.48. The van der Waals surface area contributed by atoms with Crippen molar-refractivity contribution in [2.75, 3.05) is 13.2 Å². The van der Waals surface area contributed by atoms with Gasteiger partial charge in [0.15, 0.2) is 0 Å². The van der Waals surface area contributed by atoms with Gasteiger partial charge in [-0.15, -0.1) is 11.3 Å². The first-order valence-electron chi connectivity index (χ1n) is 4.30. The molecular weight excluding hydrogens is 222 g/mol. The Morgan fingerprint density at radius 2 is 2.07 bits per heavy atom. The highest BCUT2D eigenvalue weighted by Crippen LogP contribution is 2.21. The van der Waals surface area contributed by atoms with E-state index < -0.39 is 5.54 Å². The van der Waals surface area contributed by atoms with Crippen molar-refractivity contribution < 1.29 is 10.2 Å². The zero-order valence-electron chi connectivity index (χ0n) is 7.96. The van der Waals surface area contributed by atoms with Gasteiger partial charge >= 0.3 is 0 Å². The predicted molar refractivity (Wildman–Crippen MR) is 58.7 cm³/mol. The number of halogens is 1. The van der Waals surface area contributed by atoms with Gasteiger partial charge in [-0.1, -0.05) is 11.6 Å². The zero-order chi connectivity index (χ0) is 10.6. The molecular formula is C9H14ClNO2S. The zero-order valence-corrected chi connectivity index (χ0v) is 9.53. The lowest BCUT2D eigenvalue weighted by molar-refractivity contribution is 0.103. The lowest BCUT2D eigenvalue weighted by Gasteiger charge is -2.25. The highest BCUT2D eigenvalue weighted by atomic mass is 35.5. The molecule has 1 aromatic heterocycles. The van der Waals surface area contributed by atoms with Crippen LogP contribution in [0.5, 0.6) is 0 Å². The molecule has 5 heteroatoms. The Balaban J connectivity index is 2.47. The van der Waals surface area contributed by atoms with E-state index in [9.17, 15) is 0 Å². The fourth-order valence-electron chi connectivity index (χ4n) is 0.909. The van der Waals surface area contributed by atoms with Gasteiger partial charge in [0.05, 0.1) is 23.1 Å². The Bertz CT molecular complexity index is 286. The van der Waals surface area contributed by atoms with E-state index in [1.54, 1.807) is 6.92 Å². The molecule has 0 amide bonds. The molecule has 0 aliphatic heterocycles. The van der Waals surface area contributed by atoms with Gasteiger partial charge in [0.25, 0.3) is 0 Å². The van der Waals surface area contributed by atoms with Crippen molar-refractivity contribution in [2.45, 2.75) is 19.0 Å². The second-order valence-corrected chi connectivity index (χ2v) is 5.24. The highest BCUT2D eigenvalue weighted by Gasteiger charge is 2.21. The summed E-state index contributed by atoms with van der Waals surface area (Å²) in [4.78, 5) is 1.09. The molecule has 0 fully saturated rings. The quantitative estimate of drug-likeness (QED) is 0.720. The molecule has 3 nitrogen and oxygen atoms in total. The van der Waals surface area contributed by atoms with Gasteiger partial charge in [0, 0.05) is 11.4 Å². The van der Waals surface area contributed by atoms with Crippen LogP contribution in [0.15, 0.2) is 12.1 Å². The molecule has 1 rings (SSSR count). The molecule has 0 aromatic carbocycles. The molecule has 0 saturated carbocycles. The van der Waals surface area contributed by atoms with E-state index in [0.29, 0.717) is 6.54 Å². The summed E-state index contributed by atoms with van der Waals surface area (Å²) < 4.78 is 0.747. The molecule has 14 heavy (non-hydrogen) atoms. The molecule has 0 unspecified atom stereocenters. The Morgan fingerprint density at radius 3 is 2.50 bits per heavy atom. The van der Waals surface area contributed by atoms with Gasteiger partial charge < -0.3 is 15.5 Å². The van der Waals surface area contributed by atoms with Crippen LogP contribution in [0.3, 0.4) is 0 Å². The van der Waals surface area contributed by atoms with Crippen molar-refractivity contribution in [3.8, 4) is 0 Å². The van der Waals surface area contributed by atoms with E-state index in [4.69, 9.17) is 21.8 Å². The van der Waals surface area contributed by atoms with E-state index in [1.807, 2.05) is 12.1 Å². The first-order chi connectivity index (χ1) is 6.59. The highest BCUT2D eigenvalue weighted by molar-refractivity contribution is 7.16. The van der Waals surface area contributed by atoms with Crippen LogP contribution < -0.4 is 5.32 Å². The summed E-state index contributed by atoms with van der Waals surface area (Å²) in [5.41, 5.74) is -0.629. The number of hydrogen-bond acceptors (Lipinski definition) is 4. The maximum atomic E-state index is 9.02. The van der Waals surface area contributed by atoms with Crippen molar-refractivity contribution in [2.24, 2.45) is 0 Å². The summed E-state index contributed by atoms with van der Waals surface area (Å²) in [6, 6.07) is 3.76. The number of nitrogens with one attached hydrogen (secondary N) is 1. The first-order valence-corrected chi connectivity index (χ1v) is 5.50. The van der Waals surface area contributed by atoms with Crippen LogP contribution in [0.1, 0.15) is 11.8 Å². The summed E-state index contributed by atoms with van der Waals surface area (Å²) >= 11 is 7.26. The second kappa shape index (κ2) is 5.09. The number of thiophene rings is 1. The maximum absolute atomic E-state index is 9.02. The molecule has 0 spiro atoms. The first kappa shape index (κ1) is 11.9. The van der Waals surface area contributed by atoms with Gasteiger partial charge in [-0.2, -0.15) is 0 Å². The fraction of sp³-hybridized carbons (Fsp3) is 0.556. The van der Waals surface area contributed by atoms with Crippen LogP contribution >= 0.6 is 22.9 Å². The summed E-state index contributed by atoms with van der Waals surface area (Å²) in [6.07, 6.45) is 0. The van der Waals surface area contributed by atoms with Crippen LogP contribution in [0.4, 0.5) is 0 Å². The van der Waals surface area contributed by atoms with Crippen molar-refractivity contribution >= 4 is 22.9 Å². The van der Waals surface area contributed by atoms with Crippen LogP contribution in [0, 0.1) is 0 Å². The molecule has 0 aliphatic rings. The molecule has 0 saturated heterocycles. The number of aliphatic hydroxyl groups is 2. The summed E-state index contributed by atoms with van der Waals surface area (Å²) in [5, 5.41) is 21.1. The SMILES string of the molecule is CC(CO)(CO)NCc1ccc(Cl)s1. The van der Waals surface area contributed by atoms with Crippen LogP contribution in [-0.2, 0) is 6.54 Å². The second-order valence-electron chi connectivity index (χ2n) is 3.44. The van der Waals surface area contributed by atoms with Crippen molar-refractivity contribution in [1.82, 2.24) is 5.32 Å². The van der Waals surface area contributed by atoms with Crippen molar-refractivity contribution in [3.63, 3.8) is 0 Å². The van der Waals surface area contributed by atoms with Crippen molar-refractivity contribution in [3.05, 3.63) is 21.3 Å². The third-order valence-corrected chi connectivity index (χ3v) is 3.25. The monoisotopic (exact) mass is 235 g/mol. The minimum absolute atomic E-state index is 0.0946. The number of hydrogen-bond donors (Lipinski definition) is 3. The average molecular weight is 236 g/mol. The minimum atomic E-state index is -0.629. The standard InChI is InChI=1S/C9H14ClNO2S/c1-9(5-12,6-13)11-4-7-2-3-8(10)14-7/h2-3,11-13H,4-6H2,1H3. The topological polar surface area (TPSA) is 52.5 Å². The van der Waals surface area contributed by atoms with Crippen LogP contribution in [0.25, 0.3) is 0 Å². The minimum Gasteiger partial charge on any atom is -0.394 e. The van der Waals surface area contributed by atoms with Gasteiger partial charge in [-0.3, -0.25) is 0 Å². The Labute approximate surface area is 92.3 Å². The van der Waals surface area contributed by atoms with Crippen LogP contribution in [0.2, 0.25) is 4.34 Å². The molecule has 1 aromatic rings. The molecule has 3 N–H and O–H groups in total. The van der Waals surface area contributed by atoms with Gasteiger partial charge in [0.1, 0.15) is 0 Å². The van der Waals surface area contributed by atoms with Gasteiger partial charge in [-0.05, 0) is 19.1 Å². The average Bonchev–Trinajstić information content (AvgIpc) is 2.61. The third kappa shape index (κ3) is 3.22. The predicted octanol–water partition coefficient (Wildman–Crippen LogP) is 1.23. The molecule has 1 heterocycles. The number of aliphatic hydroxyl groups excluding tert-OH is 2. The van der Waals surface area contributed by atoms with E-state index >= 15 is 0 Å². The Morgan fingerprint density at radius 1 is 1.43 bits per heavy atom. The van der Waals surface area contributed by atoms with Crippen molar-refractivity contribution in [1.29, 1.82) is 0 Å². The third-order valence-electron chi connectivity index (χ3n) is 2.02. The smallest absolute Gasteiger partial charge is 0.0931 e. The molecule has 0 aliphatic carbocycles. The van der Waals surface area contributed by atoms with E-state index in [1.165, 1.54) is 11.3 Å². The Hall–Kier alpha value is -0.130. The molecule has 0 atom stereocenters. The van der Waals surface area contributed by atoms with E-state index in [2.05, 4.69) is 5.32 Å². The molecule has 0 radical (unpaired) electrons. The van der Waals surface area contributed by atoms with E-state index in [0.717, 1.165) is 9.21 Å². The van der Waals surface area contributed by atoms with Gasteiger partial charge in [0.2, 0.25) is 0 Å². The van der Waals surface area contributed by atoms with E-state index in [-0.39, 0.29) is 13.2 Å². The molecule has 80 valence electrons. The summed E-state index contributed by atoms with van der Waals surface area (Å²) in [6.45, 7) is 2.18. The fourth-order valence-corrected chi connectivity index (χ4v) is 1.94. The largest absolute Gasteiger partial charge is 0.394 e. The number of rotatable bonds is 5. The summed E-state index contributed by atoms with van der Waals surface area (Å²) in [7, 11) is 0. The lowest BCUT2D eigenvalue weighted by atomic mass is 10.1. The summed E-state index contributed by atoms with van der Waals surface area (Å²) in [5.74, 6) is 0. The normalized spacial score (nSPS) is 12.0. The van der Waals surface area contributed by atoms with Crippen LogP contribution in [-0.4, -0.2) is 29.0 Å². The maximum Gasteiger partial charge on any atom is 0.0931 e. The van der Waals surface area contributed by atoms with Gasteiger partial charge in [-0.25, -0.2) is 0 Å². The Kier molecular flexibility index (Phi) is 4.34. The molecule has 0 bridgehead atoms.